The number of hydrogen-bond donors (Lipinski definition) is 1. The summed E-state index contributed by atoms with van der Waals surface area (Å²) in [5.41, 5.74) is 2.17. The van der Waals surface area contributed by atoms with Gasteiger partial charge in [0.25, 0.3) is 5.91 Å². The summed E-state index contributed by atoms with van der Waals surface area (Å²) in [5, 5.41) is 17.2. The number of hydrogen-bond acceptors (Lipinski definition) is 6. The van der Waals surface area contributed by atoms with Crippen LogP contribution in [-0.2, 0) is 19.6 Å². The summed E-state index contributed by atoms with van der Waals surface area (Å²) in [7, 11) is -0.733. The van der Waals surface area contributed by atoms with E-state index in [-0.39, 0.29) is 16.6 Å². The molecule has 186 valence electrons. The maximum atomic E-state index is 12.8. The van der Waals surface area contributed by atoms with Gasteiger partial charge in [-0.15, -0.1) is 0 Å². The molecule has 1 N–H and O–H groups in total. The smallest absolute Gasteiger partial charge is 0.262 e. The van der Waals surface area contributed by atoms with Crippen LogP contribution in [0, 0.1) is 11.3 Å². The second-order valence-electron chi connectivity index (χ2n) is 8.54. The first-order valence-corrected chi connectivity index (χ1v) is 12.9. The van der Waals surface area contributed by atoms with Crippen molar-refractivity contribution < 1.29 is 17.9 Å². The zero-order valence-electron chi connectivity index (χ0n) is 20.1. The van der Waals surface area contributed by atoms with Crippen molar-refractivity contribution in [2.24, 2.45) is 0 Å². The normalized spacial score (nSPS) is 16.2. The van der Waals surface area contributed by atoms with E-state index in [1.54, 1.807) is 23.0 Å². The molecule has 0 spiro atoms. The van der Waals surface area contributed by atoms with Crippen LogP contribution >= 0.6 is 0 Å². The number of aromatic nitrogens is 2. The first-order chi connectivity index (χ1) is 17.3. The van der Waals surface area contributed by atoms with Crippen LogP contribution in [0.25, 0.3) is 23.0 Å². The molecular formula is C26H27N5O4S. The van der Waals surface area contributed by atoms with Gasteiger partial charge in [-0.25, -0.2) is 17.4 Å². The Morgan fingerprint density at radius 2 is 2.03 bits per heavy atom. The third-order valence-electron chi connectivity index (χ3n) is 5.83. The molecule has 9 nitrogen and oxygen atoms in total. The van der Waals surface area contributed by atoms with Gasteiger partial charge in [-0.05, 0) is 43.2 Å². The highest BCUT2D eigenvalue weighted by molar-refractivity contribution is 7.89. The number of benzene rings is 2. The number of para-hydroxylation sites is 1. The van der Waals surface area contributed by atoms with Gasteiger partial charge in [0, 0.05) is 44.6 Å². The first-order valence-electron chi connectivity index (χ1n) is 11.5. The monoisotopic (exact) mass is 505 g/mol. The fourth-order valence-electron chi connectivity index (χ4n) is 3.86. The predicted molar refractivity (Wildman–Crippen MR) is 135 cm³/mol. The Bertz CT molecular complexity index is 1420. The van der Waals surface area contributed by atoms with Crippen molar-refractivity contribution in [2.75, 3.05) is 27.2 Å². The number of nitrogens with zero attached hydrogens (tertiary/aromatic N) is 4. The van der Waals surface area contributed by atoms with E-state index in [1.165, 1.54) is 32.3 Å². The molecule has 1 fully saturated rings. The number of amides is 1. The topological polar surface area (TPSA) is 117 Å². The maximum absolute atomic E-state index is 12.8. The van der Waals surface area contributed by atoms with Gasteiger partial charge >= 0.3 is 0 Å². The molecule has 4 rings (SSSR count). The van der Waals surface area contributed by atoms with Crippen molar-refractivity contribution in [1.82, 2.24) is 19.4 Å². The minimum absolute atomic E-state index is 0.0494. The van der Waals surface area contributed by atoms with E-state index in [1.807, 2.05) is 36.4 Å². The zero-order chi connectivity index (χ0) is 25.7. The quantitative estimate of drug-likeness (QED) is 0.372. The van der Waals surface area contributed by atoms with Gasteiger partial charge in [0.2, 0.25) is 10.0 Å². The van der Waals surface area contributed by atoms with E-state index in [0.29, 0.717) is 30.0 Å². The molecule has 10 heteroatoms. The Morgan fingerprint density at radius 1 is 1.25 bits per heavy atom. The molecule has 1 aliphatic rings. The average Bonchev–Trinajstić information content (AvgIpc) is 3.56. The van der Waals surface area contributed by atoms with Crippen molar-refractivity contribution in [2.45, 2.75) is 23.8 Å². The molecule has 2 aromatic carbocycles. The summed E-state index contributed by atoms with van der Waals surface area (Å²) >= 11 is 0. The maximum Gasteiger partial charge on any atom is 0.262 e. The van der Waals surface area contributed by atoms with Crippen LogP contribution in [-0.4, -0.2) is 61.8 Å². The van der Waals surface area contributed by atoms with Gasteiger partial charge in [-0.2, -0.15) is 10.4 Å². The molecule has 1 unspecified atom stereocenters. The highest BCUT2D eigenvalue weighted by Crippen LogP contribution is 2.28. The molecule has 0 bridgehead atoms. The molecule has 0 aliphatic carbocycles. The average molecular weight is 506 g/mol. The number of nitriles is 1. The van der Waals surface area contributed by atoms with E-state index >= 15 is 0 Å². The summed E-state index contributed by atoms with van der Waals surface area (Å²) in [6, 6.07) is 17.8. The summed E-state index contributed by atoms with van der Waals surface area (Å²) in [4.78, 5) is 12.9. The molecule has 0 saturated carbocycles. The molecular weight excluding hydrogens is 478 g/mol. The highest BCUT2D eigenvalue weighted by atomic mass is 32.2. The SMILES string of the molecule is CN(C)S(=O)(=O)c1cccc(-c2nn(-c3ccccc3)cc2/C=C(\C#N)C(=O)NCC2CCCO2)c1. The van der Waals surface area contributed by atoms with Gasteiger partial charge in [0.1, 0.15) is 17.3 Å². The number of ether oxygens (including phenoxy) is 1. The number of rotatable bonds is 8. The van der Waals surface area contributed by atoms with Gasteiger partial charge in [0.15, 0.2) is 0 Å². The number of nitrogens with one attached hydrogen (secondary N) is 1. The predicted octanol–water partition coefficient (Wildman–Crippen LogP) is 2.99. The summed E-state index contributed by atoms with van der Waals surface area (Å²) < 4.78 is 33.7. The van der Waals surface area contributed by atoms with Crippen LogP contribution in [0.1, 0.15) is 18.4 Å². The second-order valence-corrected chi connectivity index (χ2v) is 10.7. The third kappa shape index (κ3) is 5.54. The lowest BCUT2D eigenvalue weighted by atomic mass is 10.1. The van der Waals surface area contributed by atoms with E-state index in [9.17, 15) is 18.5 Å². The third-order valence-corrected chi connectivity index (χ3v) is 7.64. The zero-order valence-corrected chi connectivity index (χ0v) is 20.9. The minimum Gasteiger partial charge on any atom is -0.376 e. The highest BCUT2D eigenvalue weighted by Gasteiger charge is 2.21. The van der Waals surface area contributed by atoms with Crippen molar-refractivity contribution >= 4 is 22.0 Å². The van der Waals surface area contributed by atoms with Gasteiger partial charge in [-0.1, -0.05) is 30.3 Å². The van der Waals surface area contributed by atoms with Gasteiger partial charge in [-0.3, -0.25) is 4.79 Å². The molecule has 1 atom stereocenters. The Labute approximate surface area is 210 Å². The lowest BCUT2D eigenvalue weighted by Gasteiger charge is -2.12. The largest absolute Gasteiger partial charge is 0.376 e. The fourth-order valence-corrected chi connectivity index (χ4v) is 4.80. The summed E-state index contributed by atoms with van der Waals surface area (Å²) in [6.45, 7) is 1.00. The number of carbonyl (C=O) groups excluding carboxylic acids is 1. The Kier molecular flexibility index (Phi) is 7.64. The van der Waals surface area contributed by atoms with Crippen molar-refractivity contribution in [3.8, 4) is 23.0 Å². The summed E-state index contributed by atoms with van der Waals surface area (Å²) in [5.74, 6) is -0.504. The van der Waals surface area contributed by atoms with Gasteiger partial charge in [0.05, 0.1) is 16.7 Å². The number of carbonyl (C=O) groups is 1. The van der Waals surface area contributed by atoms with Crippen LogP contribution in [0.5, 0.6) is 0 Å². The molecule has 1 amide bonds. The van der Waals surface area contributed by atoms with E-state index in [0.717, 1.165) is 22.8 Å². The molecule has 36 heavy (non-hydrogen) atoms. The van der Waals surface area contributed by atoms with Crippen LogP contribution in [0.15, 0.2) is 71.3 Å². The molecule has 0 radical (unpaired) electrons. The Hall–Kier alpha value is -3.78. The van der Waals surface area contributed by atoms with Gasteiger partial charge < -0.3 is 10.1 Å². The first kappa shape index (κ1) is 25.3. The van der Waals surface area contributed by atoms with Crippen LogP contribution < -0.4 is 5.32 Å². The van der Waals surface area contributed by atoms with Crippen molar-refractivity contribution in [1.29, 1.82) is 5.26 Å². The van der Waals surface area contributed by atoms with Crippen molar-refractivity contribution in [3.63, 3.8) is 0 Å². The second kappa shape index (κ2) is 10.9. The Balaban J connectivity index is 1.75. The lowest BCUT2D eigenvalue weighted by Crippen LogP contribution is -2.32. The summed E-state index contributed by atoms with van der Waals surface area (Å²) in [6.07, 6.45) is 4.95. The lowest BCUT2D eigenvalue weighted by molar-refractivity contribution is -0.117. The molecule has 1 aromatic heterocycles. The number of sulfonamides is 1. The molecule has 1 saturated heterocycles. The van der Waals surface area contributed by atoms with E-state index < -0.39 is 15.9 Å². The fraction of sp³-hybridized carbons (Fsp3) is 0.269. The Morgan fingerprint density at radius 3 is 2.69 bits per heavy atom. The molecule has 2 heterocycles. The molecule has 1 aliphatic heterocycles. The van der Waals surface area contributed by atoms with Crippen LogP contribution in [0.4, 0.5) is 0 Å². The van der Waals surface area contributed by atoms with E-state index in [2.05, 4.69) is 10.4 Å². The minimum atomic E-state index is -3.67. The molecule has 3 aromatic rings. The van der Waals surface area contributed by atoms with Crippen molar-refractivity contribution in [3.05, 3.63) is 71.9 Å². The van der Waals surface area contributed by atoms with E-state index in [4.69, 9.17) is 4.74 Å². The standard InChI is InChI=1S/C26H27N5O4S/c1-30(2)36(33,34)24-12-6-8-19(15-24)25-21(18-31(29-25)22-9-4-3-5-10-22)14-20(16-27)26(32)28-17-23-11-7-13-35-23/h3-6,8-10,12,14-15,18,23H,7,11,13,17H2,1-2H3,(H,28,32)/b20-14+. The van der Waals surface area contributed by atoms with Crippen LogP contribution in [0.3, 0.4) is 0 Å². The van der Waals surface area contributed by atoms with Crippen LogP contribution in [0.2, 0.25) is 0 Å².